The van der Waals surface area contributed by atoms with Crippen LogP contribution in [0.1, 0.15) is 5.56 Å². The second-order valence-corrected chi connectivity index (χ2v) is 2.93. The number of carbonyl (C=O) groups excluding carboxylic acids is 1. The summed E-state index contributed by atoms with van der Waals surface area (Å²) < 4.78 is 5.37. The van der Waals surface area contributed by atoms with Crippen LogP contribution in [0, 0.1) is 0 Å². The highest BCUT2D eigenvalue weighted by Gasteiger charge is 2.27. The zero-order valence-electron chi connectivity index (χ0n) is 6.99. The molecule has 0 unspecified atom stereocenters. The Bertz CT molecular complexity index is 313. The molecule has 13 heavy (non-hydrogen) atoms. The largest absolute Gasteiger partial charge is 0.480 e. The topological polar surface area (TPSA) is 64.3 Å². The average molecular weight is 178 g/mol. The van der Waals surface area contributed by atoms with E-state index < -0.39 is 6.10 Å². The number of amides is 1. The van der Waals surface area contributed by atoms with E-state index in [4.69, 9.17) is 10.6 Å². The predicted molar refractivity (Wildman–Crippen MR) is 46.9 cm³/mol. The third-order valence-corrected chi connectivity index (χ3v) is 2.08. The summed E-state index contributed by atoms with van der Waals surface area (Å²) in [7, 11) is 0. The molecule has 1 aromatic carbocycles. The van der Waals surface area contributed by atoms with Crippen molar-refractivity contribution in [3.63, 3.8) is 0 Å². The summed E-state index contributed by atoms with van der Waals surface area (Å²) in [6.07, 6.45) is 0.126. The first-order valence-electron chi connectivity index (χ1n) is 4.06. The Labute approximate surface area is 75.7 Å². The quantitative estimate of drug-likeness (QED) is 0.361. The normalized spacial score (nSPS) is 19.0. The molecule has 1 aliphatic heterocycles. The summed E-state index contributed by atoms with van der Waals surface area (Å²) >= 11 is 0. The van der Waals surface area contributed by atoms with E-state index in [9.17, 15) is 4.79 Å². The second-order valence-electron chi connectivity index (χ2n) is 2.93. The van der Waals surface area contributed by atoms with Crippen LogP contribution in [0.15, 0.2) is 24.3 Å². The highest BCUT2D eigenvalue weighted by molar-refractivity contribution is 5.81. The minimum atomic E-state index is -0.470. The molecule has 1 aliphatic rings. The highest BCUT2D eigenvalue weighted by atomic mass is 16.5. The minimum Gasteiger partial charge on any atom is -0.480 e. The summed E-state index contributed by atoms with van der Waals surface area (Å²) in [5.41, 5.74) is 3.13. The molecule has 0 fully saturated rings. The van der Waals surface area contributed by atoms with E-state index >= 15 is 0 Å². The third kappa shape index (κ3) is 1.36. The number of para-hydroxylation sites is 1. The van der Waals surface area contributed by atoms with Crippen molar-refractivity contribution in [3.8, 4) is 5.75 Å². The lowest BCUT2D eigenvalue weighted by molar-refractivity contribution is -0.127. The monoisotopic (exact) mass is 178 g/mol. The van der Waals surface area contributed by atoms with Crippen LogP contribution in [0.2, 0.25) is 0 Å². The SMILES string of the molecule is NNC(=O)[C@H]1Cc2ccccc2O1. The molecule has 2 rings (SSSR count). The highest BCUT2D eigenvalue weighted by Crippen LogP contribution is 2.27. The van der Waals surface area contributed by atoms with Crippen LogP contribution in [0.5, 0.6) is 5.75 Å². The number of fused-ring (bicyclic) bond motifs is 1. The molecule has 1 heterocycles. The van der Waals surface area contributed by atoms with E-state index in [1.165, 1.54) is 0 Å². The Morgan fingerprint density at radius 1 is 1.54 bits per heavy atom. The molecular weight excluding hydrogens is 168 g/mol. The Morgan fingerprint density at radius 2 is 2.31 bits per heavy atom. The van der Waals surface area contributed by atoms with Crippen LogP contribution in [0.25, 0.3) is 0 Å². The van der Waals surface area contributed by atoms with Gasteiger partial charge >= 0.3 is 0 Å². The zero-order valence-corrected chi connectivity index (χ0v) is 6.99. The number of benzene rings is 1. The van der Waals surface area contributed by atoms with Crippen LogP contribution in [-0.2, 0) is 11.2 Å². The molecule has 0 aromatic heterocycles. The van der Waals surface area contributed by atoms with Crippen molar-refractivity contribution in [3.05, 3.63) is 29.8 Å². The molecule has 1 amide bonds. The number of nitrogens with one attached hydrogen (secondary N) is 1. The lowest BCUT2D eigenvalue weighted by Crippen LogP contribution is -2.41. The van der Waals surface area contributed by atoms with Crippen molar-refractivity contribution in [2.75, 3.05) is 0 Å². The first-order valence-corrected chi connectivity index (χ1v) is 4.06. The Hall–Kier alpha value is -1.55. The van der Waals surface area contributed by atoms with Crippen molar-refractivity contribution in [1.82, 2.24) is 5.43 Å². The molecule has 0 saturated carbocycles. The van der Waals surface area contributed by atoms with Gasteiger partial charge in [0.1, 0.15) is 5.75 Å². The van der Waals surface area contributed by atoms with Gasteiger partial charge in [-0.2, -0.15) is 0 Å². The van der Waals surface area contributed by atoms with Gasteiger partial charge in [-0.25, -0.2) is 5.84 Å². The predicted octanol–water partition coefficient (Wildman–Crippen LogP) is -0.0200. The van der Waals surface area contributed by atoms with Gasteiger partial charge in [0.05, 0.1) is 0 Å². The van der Waals surface area contributed by atoms with Gasteiger partial charge in [0.25, 0.3) is 5.91 Å². The number of hydrogen-bond donors (Lipinski definition) is 2. The Balaban J connectivity index is 2.18. The summed E-state index contributed by atoms with van der Waals surface area (Å²) in [5, 5.41) is 0. The van der Waals surface area contributed by atoms with Gasteiger partial charge in [-0.1, -0.05) is 18.2 Å². The van der Waals surface area contributed by atoms with Gasteiger partial charge < -0.3 is 4.74 Å². The van der Waals surface area contributed by atoms with E-state index in [0.717, 1.165) is 11.3 Å². The van der Waals surface area contributed by atoms with Crippen LogP contribution >= 0.6 is 0 Å². The number of hydrogen-bond acceptors (Lipinski definition) is 3. The summed E-state index contributed by atoms with van der Waals surface area (Å²) in [6.45, 7) is 0. The Morgan fingerprint density at radius 3 is 3.00 bits per heavy atom. The third-order valence-electron chi connectivity index (χ3n) is 2.08. The lowest BCUT2D eigenvalue weighted by atomic mass is 10.1. The van der Waals surface area contributed by atoms with Gasteiger partial charge in [0.15, 0.2) is 6.10 Å². The zero-order chi connectivity index (χ0) is 9.26. The molecule has 0 bridgehead atoms. The first-order chi connectivity index (χ1) is 6.31. The van der Waals surface area contributed by atoms with Gasteiger partial charge in [-0.3, -0.25) is 10.2 Å². The van der Waals surface area contributed by atoms with Crippen LogP contribution in [0.3, 0.4) is 0 Å². The summed E-state index contributed by atoms with van der Waals surface area (Å²) in [6, 6.07) is 7.59. The van der Waals surface area contributed by atoms with Crippen LogP contribution in [-0.4, -0.2) is 12.0 Å². The second kappa shape index (κ2) is 3.06. The molecule has 1 atom stereocenters. The molecule has 0 saturated heterocycles. The van der Waals surface area contributed by atoms with E-state index in [1.807, 2.05) is 24.3 Å². The average Bonchev–Trinajstić information content (AvgIpc) is 2.59. The number of rotatable bonds is 1. The van der Waals surface area contributed by atoms with E-state index in [1.54, 1.807) is 0 Å². The molecule has 68 valence electrons. The van der Waals surface area contributed by atoms with Gasteiger partial charge in [-0.05, 0) is 11.6 Å². The van der Waals surface area contributed by atoms with Crippen molar-refractivity contribution in [2.24, 2.45) is 5.84 Å². The lowest BCUT2D eigenvalue weighted by Gasteiger charge is -2.07. The number of carbonyl (C=O) groups is 1. The fraction of sp³-hybridized carbons (Fsp3) is 0.222. The fourth-order valence-corrected chi connectivity index (χ4v) is 1.42. The molecular formula is C9H10N2O2. The maximum absolute atomic E-state index is 11.1. The van der Waals surface area contributed by atoms with Crippen molar-refractivity contribution < 1.29 is 9.53 Å². The maximum atomic E-state index is 11.1. The van der Waals surface area contributed by atoms with Crippen molar-refractivity contribution in [2.45, 2.75) is 12.5 Å². The van der Waals surface area contributed by atoms with Crippen LogP contribution in [0.4, 0.5) is 0 Å². The molecule has 4 heteroatoms. The fourth-order valence-electron chi connectivity index (χ4n) is 1.42. The van der Waals surface area contributed by atoms with Gasteiger partial charge in [0.2, 0.25) is 0 Å². The molecule has 3 N–H and O–H groups in total. The van der Waals surface area contributed by atoms with E-state index in [0.29, 0.717) is 6.42 Å². The van der Waals surface area contributed by atoms with Crippen molar-refractivity contribution in [1.29, 1.82) is 0 Å². The van der Waals surface area contributed by atoms with E-state index in [2.05, 4.69) is 5.43 Å². The maximum Gasteiger partial charge on any atom is 0.275 e. The number of nitrogens with two attached hydrogens (primary N) is 1. The molecule has 1 aromatic rings. The van der Waals surface area contributed by atoms with Crippen molar-refractivity contribution >= 4 is 5.91 Å². The van der Waals surface area contributed by atoms with Crippen LogP contribution < -0.4 is 16.0 Å². The molecule has 0 spiro atoms. The molecule has 0 aliphatic carbocycles. The van der Waals surface area contributed by atoms with Gasteiger partial charge in [-0.15, -0.1) is 0 Å². The smallest absolute Gasteiger partial charge is 0.275 e. The van der Waals surface area contributed by atoms with Gasteiger partial charge in [0, 0.05) is 6.42 Å². The summed E-state index contributed by atoms with van der Waals surface area (Å²) in [5.74, 6) is 5.50. The molecule has 0 radical (unpaired) electrons. The molecule has 4 nitrogen and oxygen atoms in total. The minimum absolute atomic E-state index is 0.281. The standard InChI is InChI=1S/C9H10N2O2/c10-11-9(12)8-5-6-3-1-2-4-7(6)13-8/h1-4,8H,5,10H2,(H,11,12)/t8-/m1/s1. The van der Waals surface area contributed by atoms with E-state index in [-0.39, 0.29) is 5.91 Å². The first kappa shape index (κ1) is 8.07. The summed E-state index contributed by atoms with van der Waals surface area (Å²) in [4.78, 5) is 11.1. The Kier molecular flexibility index (Phi) is 1.90. The number of ether oxygens (including phenoxy) is 1. The number of hydrazine groups is 1.